The Kier molecular flexibility index (Phi) is 4.96. The van der Waals surface area contributed by atoms with Crippen molar-refractivity contribution in [2.75, 3.05) is 12.9 Å². The van der Waals surface area contributed by atoms with Crippen LogP contribution in [0.1, 0.15) is 43.8 Å². The van der Waals surface area contributed by atoms with E-state index in [0.717, 1.165) is 6.42 Å². The molecule has 0 unspecified atom stereocenters. The van der Waals surface area contributed by atoms with Crippen LogP contribution < -0.4 is 4.74 Å². The number of ether oxygens (including phenoxy) is 1. The summed E-state index contributed by atoms with van der Waals surface area (Å²) in [7, 11) is -2.36. The summed E-state index contributed by atoms with van der Waals surface area (Å²) in [5.41, 5.74) is -0.313. The highest BCUT2D eigenvalue weighted by Gasteiger charge is 2.40. The second-order valence-electron chi connectivity index (χ2n) is 8.41. The third-order valence-corrected chi connectivity index (χ3v) is 8.54. The van der Waals surface area contributed by atoms with Gasteiger partial charge in [0.25, 0.3) is 0 Å². The minimum atomic E-state index is -3.78. The van der Waals surface area contributed by atoms with Crippen LogP contribution >= 0.6 is 11.3 Å². The van der Waals surface area contributed by atoms with E-state index < -0.39 is 21.0 Å². The second-order valence-corrected chi connectivity index (χ2v) is 11.3. The van der Waals surface area contributed by atoms with Crippen molar-refractivity contribution < 1.29 is 23.4 Å². The molecule has 0 aliphatic heterocycles. The molecule has 10 heteroatoms. The van der Waals surface area contributed by atoms with E-state index in [-0.39, 0.29) is 16.4 Å². The molecule has 1 aliphatic carbocycles. The first kappa shape index (κ1) is 21.2. The standard InChI is InChI=1S/C20H25N3O5S2/c1-12-16(23-18(21-12)29-17(22-23)19(2,3)24)13-6-7-14(28-4)15(10-13)30(26,27)11-20(25)8-5-9-20/h6-7,10,24-25H,5,8-9,11H2,1-4H3. The van der Waals surface area contributed by atoms with E-state index in [1.165, 1.54) is 18.4 Å². The molecule has 2 heterocycles. The Labute approximate surface area is 179 Å². The highest BCUT2D eigenvalue weighted by atomic mass is 32.2. The molecule has 0 saturated heterocycles. The van der Waals surface area contributed by atoms with Crippen molar-refractivity contribution in [2.45, 2.75) is 56.1 Å². The number of hydrogen-bond acceptors (Lipinski definition) is 8. The fourth-order valence-electron chi connectivity index (χ4n) is 3.66. The number of hydrogen-bond donors (Lipinski definition) is 2. The Morgan fingerprint density at radius 1 is 1.33 bits per heavy atom. The molecule has 1 saturated carbocycles. The van der Waals surface area contributed by atoms with E-state index in [1.54, 1.807) is 36.6 Å². The maximum absolute atomic E-state index is 13.1. The first-order valence-corrected chi connectivity index (χ1v) is 12.1. The molecule has 8 nitrogen and oxygen atoms in total. The maximum Gasteiger partial charge on any atom is 0.213 e. The Morgan fingerprint density at radius 2 is 2.03 bits per heavy atom. The number of benzene rings is 1. The molecule has 0 atom stereocenters. The van der Waals surface area contributed by atoms with Gasteiger partial charge in [-0.15, -0.1) is 0 Å². The highest BCUT2D eigenvalue weighted by molar-refractivity contribution is 7.91. The summed E-state index contributed by atoms with van der Waals surface area (Å²) in [6.45, 7) is 5.14. The molecule has 1 aromatic carbocycles. The molecular weight excluding hydrogens is 426 g/mol. The molecule has 0 amide bonds. The van der Waals surface area contributed by atoms with Crippen LogP contribution in [0.4, 0.5) is 0 Å². The van der Waals surface area contributed by atoms with Crippen molar-refractivity contribution >= 4 is 26.1 Å². The largest absolute Gasteiger partial charge is 0.495 e. The van der Waals surface area contributed by atoms with Crippen LogP contribution in [0.3, 0.4) is 0 Å². The summed E-state index contributed by atoms with van der Waals surface area (Å²) in [5.74, 6) is -0.101. The number of methoxy groups -OCH3 is 1. The van der Waals surface area contributed by atoms with Gasteiger partial charge in [-0.1, -0.05) is 11.3 Å². The lowest BCUT2D eigenvalue weighted by atomic mass is 9.82. The predicted octanol–water partition coefficient (Wildman–Crippen LogP) is 2.69. The zero-order valence-corrected chi connectivity index (χ0v) is 19.0. The molecule has 3 aromatic rings. The van der Waals surface area contributed by atoms with Crippen LogP contribution in [0.5, 0.6) is 5.75 Å². The topological polar surface area (TPSA) is 114 Å². The first-order chi connectivity index (χ1) is 13.9. The monoisotopic (exact) mass is 451 g/mol. The minimum absolute atomic E-state index is 0.0371. The molecule has 30 heavy (non-hydrogen) atoms. The number of sulfone groups is 1. The van der Waals surface area contributed by atoms with Crippen molar-refractivity contribution in [3.05, 3.63) is 28.9 Å². The lowest BCUT2D eigenvalue weighted by Gasteiger charge is -2.36. The molecule has 1 fully saturated rings. The lowest BCUT2D eigenvalue weighted by molar-refractivity contribution is -0.0114. The Balaban J connectivity index is 1.84. The van der Waals surface area contributed by atoms with Gasteiger partial charge in [0.1, 0.15) is 21.3 Å². The summed E-state index contributed by atoms with van der Waals surface area (Å²) < 4.78 is 33.2. The quantitative estimate of drug-likeness (QED) is 0.592. The van der Waals surface area contributed by atoms with Crippen molar-refractivity contribution in [3.63, 3.8) is 0 Å². The van der Waals surface area contributed by atoms with E-state index in [0.29, 0.717) is 39.8 Å². The van der Waals surface area contributed by atoms with Gasteiger partial charge >= 0.3 is 0 Å². The zero-order chi connectivity index (χ0) is 21.9. The van der Waals surface area contributed by atoms with Gasteiger partial charge in [-0.2, -0.15) is 5.10 Å². The normalized spacial score (nSPS) is 16.6. The first-order valence-electron chi connectivity index (χ1n) is 9.66. The van der Waals surface area contributed by atoms with E-state index >= 15 is 0 Å². The molecule has 4 rings (SSSR count). The fourth-order valence-corrected chi connectivity index (χ4v) is 6.52. The van der Waals surface area contributed by atoms with Crippen LogP contribution in [-0.4, -0.2) is 51.7 Å². The van der Waals surface area contributed by atoms with Crippen molar-refractivity contribution in [1.29, 1.82) is 0 Å². The van der Waals surface area contributed by atoms with Crippen LogP contribution in [0.15, 0.2) is 23.1 Å². The summed E-state index contributed by atoms with van der Waals surface area (Å²) in [5, 5.41) is 25.7. The number of fused-ring (bicyclic) bond motifs is 1. The third-order valence-electron chi connectivity index (χ3n) is 5.42. The average Bonchev–Trinajstić information content (AvgIpc) is 3.16. The molecular formula is C20H25N3O5S2. The van der Waals surface area contributed by atoms with Gasteiger partial charge in [0.15, 0.2) is 9.84 Å². The number of nitrogens with zero attached hydrogens (tertiary/aromatic N) is 3. The Bertz CT molecular complexity index is 1220. The smallest absolute Gasteiger partial charge is 0.213 e. The SMILES string of the molecule is COc1ccc(-c2c(C)nc3sc(C(C)(C)O)nn23)cc1S(=O)(=O)CC1(O)CCC1. The molecule has 1 aliphatic rings. The molecule has 0 radical (unpaired) electrons. The third kappa shape index (κ3) is 3.62. The summed E-state index contributed by atoms with van der Waals surface area (Å²) in [4.78, 5) is 5.18. The number of rotatable bonds is 6. The van der Waals surface area contributed by atoms with Crippen LogP contribution in [0.25, 0.3) is 16.2 Å². The number of imidazole rings is 1. The number of aromatic nitrogens is 3. The Morgan fingerprint density at radius 3 is 2.60 bits per heavy atom. The zero-order valence-electron chi connectivity index (χ0n) is 17.3. The van der Waals surface area contributed by atoms with Crippen molar-refractivity contribution in [3.8, 4) is 17.0 Å². The summed E-state index contributed by atoms with van der Waals surface area (Å²) >= 11 is 1.28. The summed E-state index contributed by atoms with van der Waals surface area (Å²) in [6.07, 6.45) is 1.79. The number of aliphatic hydroxyl groups is 2. The average molecular weight is 452 g/mol. The molecule has 162 valence electrons. The lowest BCUT2D eigenvalue weighted by Crippen LogP contribution is -2.43. The number of aryl methyl sites for hydroxylation is 1. The Hall–Kier alpha value is -2.01. The van der Waals surface area contributed by atoms with Gasteiger partial charge in [-0.25, -0.2) is 17.9 Å². The van der Waals surface area contributed by atoms with E-state index in [4.69, 9.17) is 4.74 Å². The van der Waals surface area contributed by atoms with Crippen LogP contribution in [0, 0.1) is 6.92 Å². The molecule has 2 N–H and O–H groups in total. The van der Waals surface area contributed by atoms with Gasteiger partial charge in [0.2, 0.25) is 4.96 Å². The van der Waals surface area contributed by atoms with Gasteiger partial charge in [-0.05, 0) is 58.2 Å². The van der Waals surface area contributed by atoms with Crippen molar-refractivity contribution in [1.82, 2.24) is 14.6 Å². The van der Waals surface area contributed by atoms with Crippen molar-refractivity contribution in [2.24, 2.45) is 0 Å². The van der Waals surface area contributed by atoms with E-state index in [1.807, 2.05) is 6.92 Å². The van der Waals surface area contributed by atoms with E-state index in [2.05, 4.69) is 10.1 Å². The minimum Gasteiger partial charge on any atom is -0.495 e. The van der Waals surface area contributed by atoms with Gasteiger partial charge in [-0.3, -0.25) is 0 Å². The predicted molar refractivity (Wildman–Crippen MR) is 114 cm³/mol. The van der Waals surface area contributed by atoms with Crippen LogP contribution in [0.2, 0.25) is 0 Å². The van der Waals surface area contributed by atoms with Gasteiger partial charge < -0.3 is 14.9 Å². The maximum atomic E-state index is 13.1. The fraction of sp³-hybridized carbons (Fsp3) is 0.500. The van der Waals surface area contributed by atoms with Gasteiger partial charge in [0, 0.05) is 5.56 Å². The summed E-state index contributed by atoms with van der Waals surface area (Å²) in [6, 6.07) is 4.92. The highest BCUT2D eigenvalue weighted by Crippen LogP contribution is 2.38. The molecule has 0 bridgehead atoms. The van der Waals surface area contributed by atoms with E-state index in [9.17, 15) is 18.6 Å². The van der Waals surface area contributed by atoms with Gasteiger partial charge in [0.05, 0.1) is 29.9 Å². The molecule has 2 aromatic heterocycles. The van der Waals surface area contributed by atoms with Crippen LogP contribution in [-0.2, 0) is 15.4 Å². The second kappa shape index (κ2) is 7.01. The molecule has 0 spiro atoms.